The summed E-state index contributed by atoms with van der Waals surface area (Å²) in [6.45, 7) is 5.59. The molecule has 2 amide bonds. The maximum Gasteiger partial charge on any atom is 0.325 e. The molecule has 2 aromatic carbocycles. The molecule has 0 spiro atoms. The fraction of sp³-hybridized carbons (Fsp3) is 0.217. The summed E-state index contributed by atoms with van der Waals surface area (Å²) in [7, 11) is 0. The van der Waals surface area contributed by atoms with Gasteiger partial charge >= 0.3 is 6.01 Å². The summed E-state index contributed by atoms with van der Waals surface area (Å²) >= 11 is 0. The largest absolute Gasteiger partial charge is 0.422 e. The highest BCUT2D eigenvalue weighted by molar-refractivity contribution is 6.22. The van der Waals surface area contributed by atoms with Crippen LogP contribution >= 0.6 is 0 Å². The number of hydrogen-bond donors (Lipinski definition) is 1. The molecule has 1 atom stereocenters. The van der Waals surface area contributed by atoms with E-state index in [1.807, 2.05) is 38.1 Å². The zero-order valence-corrected chi connectivity index (χ0v) is 17.3. The molecule has 0 saturated carbocycles. The number of benzene rings is 2. The highest BCUT2D eigenvalue weighted by Crippen LogP contribution is 2.34. The topological polar surface area (TPSA) is 101 Å². The highest BCUT2D eigenvalue weighted by atomic mass is 16.4. The molecule has 1 N–H and O–H groups in total. The molecule has 1 aliphatic rings. The average Bonchev–Trinajstić information content (AvgIpc) is 3.37. The molecule has 0 unspecified atom stereocenters. The maximum atomic E-state index is 13.2. The van der Waals surface area contributed by atoms with Crippen molar-refractivity contribution in [1.29, 1.82) is 0 Å². The first kappa shape index (κ1) is 19.0. The second kappa shape index (κ2) is 6.80. The van der Waals surface area contributed by atoms with Crippen LogP contribution in [0.3, 0.4) is 0 Å². The van der Waals surface area contributed by atoms with Crippen LogP contribution in [-0.4, -0.2) is 26.6 Å². The van der Waals surface area contributed by atoms with Gasteiger partial charge in [-0.3, -0.25) is 19.5 Å². The van der Waals surface area contributed by atoms with E-state index in [0.29, 0.717) is 22.5 Å². The van der Waals surface area contributed by atoms with E-state index in [4.69, 9.17) is 4.42 Å². The van der Waals surface area contributed by atoms with E-state index < -0.39 is 17.4 Å². The van der Waals surface area contributed by atoms with Crippen LogP contribution in [0, 0.1) is 20.8 Å². The van der Waals surface area contributed by atoms with Crippen molar-refractivity contribution in [2.24, 2.45) is 0 Å². The van der Waals surface area contributed by atoms with E-state index >= 15 is 0 Å². The van der Waals surface area contributed by atoms with Gasteiger partial charge in [-0.2, -0.15) is 9.67 Å². The van der Waals surface area contributed by atoms with Crippen LogP contribution in [0.4, 0.5) is 5.69 Å². The summed E-state index contributed by atoms with van der Waals surface area (Å²) < 4.78 is 6.87. The quantitative estimate of drug-likeness (QED) is 0.517. The van der Waals surface area contributed by atoms with E-state index in [-0.39, 0.29) is 23.9 Å². The second-order valence-electron chi connectivity index (χ2n) is 7.85. The van der Waals surface area contributed by atoms with Crippen molar-refractivity contribution >= 4 is 28.6 Å². The fourth-order valence-electron chi connectivity index (χ4n) is 4.05. The highest BCUT2D eigenvalue weighted by Gasteiger charge is 2.43. The number of H-pyrrole nitrogens is 1. The summed E-state index contributed by atoms with van der Waals surface area (Å²) in [5, 5.41) is 2.94. The minimum atomic E-state index is -0.858. The van der Waals surface area contributed by atoms with Gasteiger partial charge in [-0.05, 0) is 56.2 Å². The lowest BCUT2D eigenvalue weighted by molar-refractivity contribution is -0.121. The molecule has 0 bridgehead atoms. The number of carbonyl (C=O) groups is 2. The van der Waals surface area contributed by atoms with E-state index in [9.17, 15) is 14.4 Å². The number of amides is 2. The Morgan fingerprint density at radius 1 is 1.03 bits per heavy atom. The summed E-state index contributed by atoms with van der Waals surface area (Å²) in [5.74, 6) is -1.59. The Morgan fingerprint density at radius 2 is 1.81 bits per heavy atom. The number of nitrogens with one attached hydrogen (secondary N) is 1. The van der Waals surface area contributed by atoms with Gasteiger partial charge < -0.3 is 4.42 Å². The Bertz CT molecular complexity index is 1390. The number of hydrogen-bond acceptors (Lipinski definition) is 5. The molecule has 1 saturated heterocycles. The Labute approximate surface area is 177 Å². The molecule has 31 heavy (non-hydrogen) atoms. The molecular weight excluding hydrogens is 396 g/mol. The molecule has 4 aromatic rings. The lowest BCUT2D eigenvalue weighted by Crippen LogP contribution is -2.31. The van der Waals surface area contributed by atoms with Crippen LogP contribution < -0.4 is 10.5 Å². The van der Waals surface area contributed by atoms with Crippen molar-refractivity contribution < 1.29 is 14.0 Å². The number of aromatic nitrogens is 3. The number of para-hydroxylation sites is 2. The number of anilines is 1. The van der Waals surface area contributed by atoms with Crippen molar-refractivity contribution in [2.45, 2.75) is 33.1 Å². The SMILES string of the molecule is Cc1ccc(N2C(=O)C[C@H](c3c(C)[nH]n(-c4nc5ccccc5o4)c3=O)C2=O)cc1C. The molecule has 0 aliphatic carbocycles. The molecule has 2 aromatic heterocycles. The smallest absolute Gasteiger partial charge is 0.325 e. The van der Waals surface area contributed by atoms with Gasteiger partial charge in [0.05, 0.1) is 17.2 Å². The van der Waals surface area contributed by atoms with Gasteiger partial charge in [-0.25, -0.2) is 4.90 Å². The number of fused-ring (bicyclic) bond motifs is 1. The molecule has 156 valence electrons. The Kier molecular flexibility index (Phi) is 4.18. The monoisotopic (exact) mass is 416 g/mol. The predicted molar refractivity (Wildman–Crippen MR) is 114 cm³/mol. The Hall–Kier alpha value is -3.94. The van der Waals surface area contributed by atoms with E-state index in [1.165, 1.54) is 9.58 Å². The predicted octanol–water partition coefficient (Wildman–Crippen LogP) is 3.28. The van der Waals surface area contributed by atoms with Crippen LogP contribution in [0.25, 0.3) is 17.1 Å². The fourth-order valence-corrected chi connectivity index (χ4v) is 4.05. The first-order valence-electron chi connectivity index (χ1n) is 9.96. The summed E-state index contributed by atoms with van der Waals surface area (Å²) in [6.07, 6.45) is -0.0623. The van der Waals surface area contributed by atoms with E-state index in [0.717, 1.165) is 11.1 Å². The molecule has 8 heteroatoms. The number of rotatable bonds is 3. The minimum absolute atomic E-state index is 0.0623. The molecule has 1 fully saturated rings. The van der Waals surface area contributed by atoms with Crippen LogP contribution in [-0.2, 0) is 9.59 Å². The number of aromatic amines is 1. The lowest BCUT2D eigenvalue weighted by atomic mass is 9.98. The van der Waals surface area contributed by atoms with Gasteiger partial charge in [0.2, 0.25) is 11.8 Å². The van der Waals surface area contributed by atoms with Crippen molar-refractivity contribution in [3.05, 3.63) is 75.2 Å². The third-order valence-electron chi connectivity index (χ3n) is 5.83. The maximum absolute atomic E-state index is 13.2. The van der Waals surface area contributed by atoms with Gasteiger partial charge in [0.1, 0.15) is 5.52 Å². The Morgan fingerprint density at radius 3 is 2.55 bits per heavy atom. The minimum Gasteiger partial charge on any atom is -0.422 e. The molecule has 3 heterocycles. The van der Waals surface area contributed by atoms with Crippen molar-refractivity contribution in [3.8, 4) is 6.01 Å². The number of imide groups is 1. The number of oxazole rings is 1. The van der Waals surface area contributed by atoms with Gasteiger partial charge in [0.25, 0.3) is 5.56 Å². The summed E-state index contributed by atoms with van der Waals surface area (Å²) in [4.78, 5) is 44.7. The first-order valence-corrected chi connectivity index (χ1v) is 9.96. The summed E-state index contributed by atoms with van der Waals surface area (Å²) in [6, 6.07) is 12.7. The number of nitrogens with zero attached hydrogens (tertiary/aromatic N) is 3. The number of aryl methyl sites for hydroxylation is 3. The lowest BCUT2D eigenvalue weighted by Gasteiger charge is -2.16. The molecular formula is C23H20N4O4. The molecule has 5 rings (SSSR count). The van der Waals surface area contributed by atoms with Gasteiger partial charge in [-0.15, -0.1) is 0 Å². The van der Waals surface area contributed by atoms with E-state index in [1.54, 1.807) is 25.1 Å². The zero-order valence-electron chi connectivity index (χ0n) is 17.3. The zero-order chi connectivity index (χ0) is 21.9. The third kappa shape index (κ3) is 2.91. The second-order valence-corrected chi connectivity index (χ2v) is 7.85. The van der Waals surface area contributed by atoms with Crippen molar-refractivity contribution in [3.63, 3.8) is 0 Å². The van der Waals surface area contributed by atoms with Crippen LogP contribution in [0.5, 0.6) is 0 Å². The van der Waals surface area contributed by atoms with Crippen LogP contribution in [0.1, 0.15) is 34.7 Å². The number of carbonyl (C=O) groups excluding carboxylic acids is 2. The first-order chi connectivity index (χ1) is 14.8. The Balaban J connectivity index is 1.55. The van der Waals surface area contributed by atoms with Gasteiger partial charge in [-0.1, -0.05) is 18.2 Å². The molecule has 0 radical (unpaired) electrons. The standard InChI is InChI=1S/C23H20N4O4/c1-12-8-9-15(10-13(12)2)26-19(28)11-16(21(26)29)20-14(3)25-27(22(20)30)23-24-17-6-4-5-7-18(17)31-23/h4-10,16,25H,11H2,1-3H3/t16-/m1/s1. The third-order valence-corrected chi connectivity index (χ3v) is 5.83. The van der Waals surface area contributed by atoms with Crippen molar-refractivity contribution in [2.75, 3.05) is 4.90 Å². The average molecular weight is 416 g/mol. The molecule has 1 aliphatic heterocycles. The normalized spacial score (nSPS) is 16.6. The summed E-state index contributed by atoms with van der Waals surface area (Å²) in [5.41, 5.74) is 4.05. The van der Waals surface area contributed by atoms with Crippen molar-refractivity contribution in [1.82, 2.24) is 14.8 Å². The molecule has 8 nitrogen and oxygen atoms in total. The van der Waals surface area contributed by atoms with Gasteiger partial charge in [0, 0.05) is 12.1 Å². The van der Waals surface area contributed by atoms with Crippen LogP contribution in [0.15, 0.2) is 51.7 Å². The van der Waals surface area contributed by atoms with Crippen LogP contribution in [0.2, 0.25) is 0 Å². The van der Waals surface area contributed by atoms with E-state index in [2.05, 4.69) is 10.1 Å². The van der Waals surface area contributed by atoms with Gasteiger partial charge in [0.15, 0.2) is 5.58 Å².